The van der Waals surface area contributed by atoms with Gasteiger partial charge < -0.3 is 10.2 Å². The Hall–Kier alpha value is -1.58. The summed E-state index contributed by atoms with van der Waals surface area (Å²) in [6.45, 7) is 0. The molecule has 0 radical (unpaired) electrons. The highest BCUT2D eigenvalue weighted by molar-refractivity contribution is 6.04. The van der Waals surface area contributed by atoms with Crippen LogP contribution in [0.1, 0.15) is 32.1 Å². The molecule has 0 aromatic heterocycles. The van der Waals surface area contributed by atoms with Gasteiger partial charge in [0.05, 0.1) is 5.69 Å². The van der Waals surface area contributed by atoms with E-state index in [-0.39, 0.29) is 17.8 Å². The van der Waals surface area contributed by atoms with Crippen molar-refractivity contribution >= 4 is 17.3 Å². The van der Waals surface area contributed by atoms with Gasteiger partial charge in [-0.2, -0.15) is 0 Å². The Kier molecular flexibility index (Phi) is 2.34. The maximum Gasteiger partial charge on any atom is 0.247 e. The molecule has 1 saturated carbocycles. The highest BCUT2D eigenvalue weighted by Crippen LogP contribution is 2.47. The number of nitrogens with one attached hydrogen (secondary N) is 1. The van der Waals surface area contributed by atoms with E-state index >= 15 is 0 Å². The van der Waals surface area contributed by atoms with Crippen LogP contribution in [0.15, 0.2) is 18.2 Å². The normalized spacial score (nSPS) is 32.4. The number of anilines is 2. The monoisotopic (exact) mass is 260 g/mol. The highest BCUT2D eigenvalue weighted by Gasteiger charge is 2.48. The molecule has 1 N–H and O–H groups in total. The average Bonchev–Trinajstić information content (AvgIpc) is 2.81. The third kappa shape index (κ3) is 1.52. The van der Waals surface area contributed by atoms with E-state index < -0.39 is 0 Å². The van der Waals surface area contributed by atoms with Crippen molar-refractivity contribution in [3.05, 3.63) is 24.0 Å². The number of hydrogen-bond acceptors (Lipinski definition) is 2. The summed E-state index contributed by atoms with van der Waals surface area (Å²) < 4.78 is 13.9. The lowest BCUT2D eigenvalue weighted by Crippen LogP contribution is -2.48. The van der Waals surface area contributed by atoms with E-state index in [0.29, 0.717) is 17.6 Å². The van der Waals surface area contributed by atoms with E-state index in [1.807, 2.05) is 6.07 Å². The van der Waals surface area contributed by atoms with Gasteiger partial charge in [-0.05, 0) is 37.3 Å². The molecule has 3 unspecified atom stereocenters. The zero-order chi connectivity index (χ0) is 13.0. The van der Waals surface area contributed by atoms with Crippen LogP contribution in [-0.2, 0) is 4.79 Å². The van der Waals surface area contributed by atoms with Gasteiger partial charge in [-0.15, -0.1) is 0 Å². The molecule has 100 valence electrons. The Labute approximate surface area is 111 Å². The third-order valence-electron chi connectivity index (χ3n) is 4.91. The van der Waals surface area contributed by atoms with Crippen LogP contribution in [0, 0.1) is 11.7 Å². The number of nitrogens with zero attached hydrogens (tertiary/aromatic N) is 1. The lowest BCUT2D eigenvalue weighted by Gasteiger charge is -2.39. The molecule has 2 aliphatic heterocycles. The first-order valence-corrected chi connectivity index (χ1v) is 7.13. The van der Waals surface area contributed by atoms with Gasteiger partial charge in [0, 0.05) is 6.04 Å². The molecule has 3 atom stereocenters. The molecule has 19 heavy (non-hydrogen) atoms. The van der Waals surface area contributed by atoms with Crippen molar-refractivity contribution in [3.63, 3.8) is 0 Å². The zero-order valence-electron chi connectivity index (χ0n) is 10.7. The Morgan fingerprint density at radius 3 is 3.00 bits per heavy atom. The van der Waals surface area contributed by atoms with Crippen molar-refractivity contribution in [2.75, 3.05) is 10.2 Å². The van der Waals surface area contributed by atoms with Gasteiger partial charge in [0.25, 0.3) is 0 Å². The summed E-state index contributed by atoms with van der Waals surface area (Å²) in [6, 6.07) is 5.40. The minimum absolute atomic E-state index is 0.0352. The molecule has 2 fully saturated rings. The van der Waals surface area contributed by atoms with Crippen molar-refractivity contribution < 1.29 is 9.18 Å². The van der Waals surface area contributed by atoms with Crippen molar-refractivity contribution in [3.8, 4) is 0 Å². The molecule has 3 nitrogen and oxygen atoms in total. The van der Waals surface area contributed by atoms with Gasteiger partial charge in [0.1, 0.15) is 17.5 Å². The second-order valence-electron chi connectivity index (χ2n) is 5.89. The van der Waals surface area contributed by atoms with Crippen molar-refractivity contribution in [1.82, 2.24) is 0 Å². The summed E-state index contributed by atoms with van der Waals surface area (Å²) in [5.41, 5.74) is 1.24. The molecule has 2 heterocycles. The van der Waals surface area contributed by atoms with E-state index in [2.05, 4.69) is 10.2 Å². The summed E-state index contributed by atoms with van der Waals surface area (Å²) in [5.74, 6) is 0.231. The number of carbonyl (C=O) groups excluding carboxylic acids is 1. The summed E-state index contributed by atoms with van der Waals surface area (Å²) in [4.78, 5) is 14.4. The van der Waals surface area contributed by atoms with E-state index in [1.54, 1.807) is 6.07 Å². The summed E-state index contributed by atoms with van der Waals surface area (Å²) >= 11 is 0. The number of halogens is 1. The van der Waals surface area contributed by atoms with E-state index in [0.717, 1.165) is 18.5 Å². The van der Waals surface area contributed by atoms with E-state index in [1.165, 1.54) is 25.3 Å². The quantitative estimate of drug-likeness (QED) is 0.778. The molecular weight excluding hydrogens is 243 g/mol. The first-order chi connectivity index (χ1) is 9.25. The first-order valence-electron chi connectivity index (χ1n) is 7.13. The molecule has 1 aromatic carbocycles. The van der Waals surface area contributed by atoms with Crippen LogP contribution in [0.5, 0.6) is 0 Å². The minimum Gasteiger partial charge on any atom is -0.354 e. The SMILES string of the molecule is O=C1Nc2c(F)cccc2N2C1CC1CCCCC12. The van der Waals surface area contributed by atoms with E-state index in [9.17, 15) is 9.18 Å². The molecule has 1 amide bonds. The first kappa shape index (κ1) is 11.3. The van der Waals surface area contributed by atoms with Gasteiger partial charge >= 0.3 is 0 Å². The Morgan fingerprint density at radius 1 is 1.26 bits per heavy atom. The zero-order valence-corrected chi connectivity index (χ0v) is 10.7. The largest absolute Gasteiger partial charge is 0.354 e. The number of para-hydroxylation sites is 1. The van der Waals surface area contributed by atoms with Crippen LogP contribution in [0.3, 0.4) is 0 Å². The Morgan fingerprint density at radius 2 is 2.11 bits per heavy atom. The van der Waals surface area contributed by atoms with Gasteiger partial charge in [-0.1, -0.05) is 18.9 Å². The number of hydrogen-bond donors (Lipinski definition) is 1. The molecule has 1 aromatic rings. The maximum atomic E-state index is 13.9. The number of amides is 1. The third-order valence-corrected chi connectivity index (χ3v) is 4.91. The number of carbonyl (C=O) groups is 1. The molecule has 0 spiro atoms. The van der Waals surface area contributed by atoms with Crippen LogP contribution >= 0.6 is 0 Å². The Balaban J connectivity index is 1.83. The molecule has 4 rings (SSSR count). The van der Waals surface area contributed by atoms with Gasteiger partial charge in [0.15, 0.2) is 0 Å². The van der Waals surface area contributed by atoms with E-state index in [4.69, 9.17) is 0 Å². The van der Waals surface area contributed by atoms with Crippen molar-refractivity contribution in [2.24, 2.45) is 5.92 Å². The highest BCUT2D eigenvalue weighted by atomic mass is 19.1. The number of fused-ring (bicyclic) bond motifs is 5. The van der Waals surface area contributed by atoms with Gasteiger partial charge in [0.2, 0.25) is 5.91 Å². The predicted molar refractivity (Wildman–Crippen MR) is 71.7 cm³/mol. The molecule has 1 saturated heterocycles. The van der Waals surface area contributed by atoms with Crippen LogP contribution < -0.4 is 10.2 Å². The number of benzene rings is 1. The van der Waals surface area contributed by atoms with Crippen LogP contribution in [0.4, 0.5) is 15.8 Å². The lowest BCUT2D eigenvalue weighted by molar-refractivity contribution is -0.117. The maximum absolute atomic E-state index is 13.9. The minimum atomic E-state index is -0.330. The van der Waals surface area contributed by atoms with Gasteiger partial charge in [-0.3, -0.25) is 4.79 Å². The topological polar surface area (TPSA) is 32.3 Å². The predicted octanol–water partition coefficient (Wildman–Crippen LogP) is 2.92. The van der Waals surface area contributed by atoms with Crippen LogP contribution in [-0.4, -0.2) is 18.0 Å². The molecule has 1 aliphatic carbocycles. The fourth-order valence-corrected chi connectivity index (χ4v) is 4.10. The van der Waals surface area contributed by atoms with Crippen molar-refractivity contribution in [2.45, 2.75) is 44.2 Å². The van der Waals surface area contributed by atoms with Crippen LogP contribution in [0.25, 0.3) is 0 Å². The fraction of sp³-hybridized carbons (Fsp3) is 0.533. The Bertz CT molecular complexity index is 545. The smallest absolute Gasteiger partial charge is 0.247 e. The van der Waals surface area contributed by atoms with Gasteiger partial charge in [-0.25, -0.2) is 4.39 Å². The summed E-state index contributed by atoms with van der Waals surface area (Å²) in [6.07, 6.45) is 5.74. The molecular formula is C15H17FN2O. The second-order valence-corrected chi connectivity index (χ2v) is 5.89. The van der Waals surface area contributed by atoms with Crippen LogP contribution in [0.2, 0.25) is 0 Å². The number of rotatable bonds is 0. The molecule has 4 heteroatoms. The average molecular weight is 260 g/mol. The molecule has 3 aliphatic rings. The summed E-state index contributed by atoms with van der Waals surface area (Å²) in [5, 5.41) is 2.75. The van der Waals surface area contributed by atoms with Crippen molar-refractivity contribution in [1.29, 1.82) is 0 Å². The second kappa shape index (κ2) is 3.95. The fourth-order valence-electron chi connectivity index (χ4n) is 4.10. The summed E-state index contributed by atoms with van der Waals surface area (Å²) in [7, 11) is 0. The lowest BCUT2D eigenvalue weighted by atomic mass is 9.84. The molecule has 0 bridgehead atoms. The standard InChI is InChI=1S/C15H17FN2O/c16-10-5-3-7-12-14(10)17-15(19)13-8-9-4-1-2-6-11(9)18(12)13/h3,5,7,9,11,13H,1-2,4,6,8H2,(H,17,19).